The van der Waals surface area contributed by atoms with Crippen molar-refractivity contribution >= 4 is 28.3 Å². The Morgan fingerprint density at radius 1 is 1.03 bits per heavy atom. The number of fused-ring (bicyclic) bond motifs is 4. The number of aryl methyl sites for hydroxylation is 1. The second-order valence-corrected chi connectivity index (χ2v) is 8.62. The van der Waals surface area contributed by atoms with Gasteiger partial charge >= 0.3 is 0 Å². The molecule has 0 N–H and O–H groups in total. The molecule has 2 aliphatic rings. The molecule has 32 heavy (non-hydrogen) atoms. The summed E-state index contributed by atoms with van der Waals surface area (Å²) in [5, 5.41) is 8.02. The molecular weight excluding hydrogens is 424 g/mol. The Hall–Kier alpha value is -3.57. The second kappa shape index (κ2) is 7.24. The van der Waals surface area contributed by atoms with Gasteiger partial charge < -0.3 is 9.15 Å². The van der Waals surface area contributed by atoms with Gasteiger partial charge in [-0.2, -0.15) is 5.10 Å². The van der Waals surface area contributed by atoms with Gasteiger partial charge in [0.05, 0.1) is 22.7 Å². The van der Waals surface area contributed by atoms with E-state index in [1.165, 1.54) is 6.26 Å². The van der Waals surface area contributed by atoms with Gasteiger partial charge in [-0.05, 0) is 42.8 Å². The van der Waals surface area contributed by atoms with Gasteiger partial charge in [0.25, 0.3) is 0 Å². The Labute approximate surface area is 189 Å². The molecule has 4 aromatic rings. The average Bonchev–Trinajstić information content (AvgIpc) is 3.26. The van der Waals surface area contributed by atoms with Crippen molar-refractivity contribution in [3.8, 4) is 5.75 Å². The highest BCUT2D eigenvalue weighted by molar-refractivity contribution is 6.30. The largest absolute Gasteiger partial charge is 0.464 e. The Bertz CT molecular complexity index is 1440. The van der Waals surface area contributed by atoms with Gasteiger partial charge in [0.2, 0.25) is 11.7 Å². The summed E-state index contributed by atoms with van der Waals surface area (Å²) >= 11 is 6.07. The lowest BCUT2D eigenvalue weighted by Crippen LogP contribution is -2.36. The minimum Gasteiger partial charge on any atom is -0.464 e. The van der Waals surface area contributed by atoms with Crippen molar-refractivity contribution in [2.24, 2.45) is 5.10 Å². The lowest BCUT2D eigenvalue weighted by Gasteiger charge is -2.37. The molecule has 0 amide bonds. The standard InChI is InChI=1S/C26H19ClN2O3/c1-15-6-11-23-19(12-15)25(30)20(14-31-23)26-29-22(18-4-2-3-5-24(18)32-26)13-21(28-29)16-7-9-17(27)10-8-16/h2-12,14,22,26H,13H2,1H3/t22-,26+/m1/s1. The molecule has 0 saturated heterocycles. The van der Waals surface area contributed by atoms with Gasteiger partial charge in [-0.1, -0.05) is 53.6 Å². The van der Waals surface area contributed by atoms with Crippen LogP contribution in [0.15, 0.2) is 87.3 Å². The SMILES string of the molecule is Cc1ccc2occ([C@@H]3Oc4ccccc4[C@H]4CC(c5ccc(Cl)cc5)=NN43)c(=O)c2c1. The van der Waals surface area contributed by atoms with Crippen LogP contribution in [0.1, 0.15) is 40.9 Å². The number of nitrogens with zero attached hydrogens (tertiary/aromatic N) is 2. The zero-order chi connectivity index (χ0) is 21.8. The van der Waals surface area contributed by atoms with Gasteiger partial charge in [-0.15, -0.1) is 0 Å². The van der Waals surface area contributed by atoms with Crippen LogP contribution in [0.4, 0.5) is 0 Å². The Morgan fingerprint density at radius 3 is 2.69 bits per heavy atom. The second-order valence-electron chi connectivity index (χ2n) is 8.18. The third kappa shape index (κ3) is 3.00. The van der Waals surface area contributed by atoms with Gasteiger partial charge in [0, 0.05) is 17.0 Å². The molecule has 0 fully saturated rings. The fourth-order valence-electron chi connectivity index (χ4n) is 4.49. The van der Waals surface area contributed by atoms with E-state index < -0.39 is 6.23 Å². The predicted octanol–water partition coefficient (Wildman–Crippen LogP) is 6.00. The maximum atomic E-state index is 13.4. The van der Waals surface area contributed by atoms with Crippen LogP contribution in [0.25, 0.3) is 11.0 Å². The van der Waals surface area contributed by atoms with Crippen molar-refractivity contribution in [2.75, 3.05) is 0 Å². The van der Waals surface area contributed by atoms with Gasteiger partial charge in [0.15, 0.2) is 0 Å². The first-order chi connectivity index (χ1) is 15.6. The molecule has 0 radical (unpaired) electrons. The summed E-state index contributed by atoms with van der Waals surface area (Å²) in [6.07, 6.45) is 1.53. The number of rotatable bonds is 2. The smallest absolute Gasteiger partial charge is 0.220 e. The van der Waals surface area contributed by atoms with Gasteiger partial charge in [-0.3, -0.25) is 4.79 Å². The number of hydrogen-bond donors (Lipinski definition) is 0. The van der Waals surface area contributed by atoms with E-state index in [1.807, 2.05) is 72.6 Å². The molecule has 158 valence electrons. The Kier molecular flexibility index (Phi) is 4.33. The maximum absolute atomic E-state index is 13.4. The fraction of sp³-hybridized carbons (Fsp3) is 0.154. The van der Waals surface area contributed by atoms with Crippen molar-refractivity contribution in [3.05, 3.63) is 110 Å². The molecule has 0 spiro atoms. The number of hydrogen-bond acceptors (Lipinski definition) is 5. The van der Waals surface area contributed by atoms with E-state index in [2.05, 4.69) is 6.07 Å². The third-order valence-electron chi connectivity index (χ3n) is 6.10. The molecule has 0 aliphatic carbocycles. The van der Waals surface area contributed by atoms with E-state index in [1.54, 1.807) is 0 Å². The number of halogens is 1. The average molecular weight is 443 g/mol. The van der Waals surface area contributed by atoms with E-state index >= 15 is 0 Å². The summed E-state index contributed by atoms with van der Waals surface area (Å²) in [6.45, 7) is 1.96. The Balaban J connectivity index is 1.50. The number of hydrazone groups is 1. The van der Waals surface area contributed by atoms with Crippen molar-refractivity contribution < 1.29 is 9.15 Å². The predicted molar refractivity (Wildman–Crippen MR) is 124 cm³/mol. The van der Waals surface area contributed by atoms with Crippen LogP contribution in [-0.4, -0.2) is 10.7 Å². The topological polar surface area (TPSA) is 55.0 Å². The molecule has 1 aromatic heterocycles. The molecule has 3 heterocycles. The zero-order valence-corrected chi connectivity index (χ0v) is 18.0. The van der Waals surface area contributed by atoms with Crippen LogP contribution in [-0.2, 0) is 0 Å². The molecule has 6 rings (SSSR count). The number of para-hydroxylation sites is 1. The van der Waals surface area contributed by atoms with Crippen LogP contribution in [0.3, 0.4) is 0 Å². The fourth-order valence-corrected chi connectivity index (χ4v) is 4.61. The first-order valence-electron chi connectivity index (χ1n) is 10.5. The summed E-state index contributed by atoms with van der Waals surface area (Å²) in [6, 6.07) is 21.1. The first kappa shape index (κ1) is 19.1. The van der Waals surface area contributed by atoms with Crippen LogP contribution in [0.5, 0.6) is 5.75 Å². The first-order valence-corrected chi connectivity index (χ1v) is 10.9. The molecule has 2 atom stereocenters. The maximum Gasteiger partial charge on any atom is 0.220 e. The highest BCUT2D eigenvalue weighted by Crippen LogP contribution is 2.47. The lowest BCUT2D eigenvalue weighted by molar-refractivity contribution is -0.0205. The highest BCUT2D eigenvalue weighted by atomic mass is 35.5. The van der Waals surface area contributed by atoms with Crippen molar-refractivity contribution in [1.82, 2.24) is 5.01 Å². The molecule has 0 saturated carbocycles. The summed E-state index contributed by atoms with van der Waals surface area (Å²) in [5.74, 6) is 0.759. The van der Waals surface area contributed by atoms with E-state index in [0.29, 0.717) is 28.0 Å². The summed E-state index contributed by atoms with van der Waals surface area (Å²) in [5.41, 5.74) is 4.87. The van der Waals surface area contributed by atoms with E-state index in [4.69, 9.17) is 25.9 Å². The highest BCUT2D eigenvalue weighted by Gasteiger charge is 2.42. The molecule has 3 aromatic carbocycles. The van der Waals surface area contributed by atoms with Gasteiger partial charge in [0.1, 0.15) is 17.6 Å². The quantitative estimate of drug-likeness (QED) is 0.382. The van der Waals surface area contributed by atoms with Crippen molar-refractivity contribution in [2.45, 2.75) is 25.6 Å². The number of benzene rings is 3. The van der Waals surface area contributed by atoms with Crippen LogP contribution in [0.2, 0.25) is 5.02 Å². The minimum absolute atomic E-state index is 0.0387. The lowest BCUT2D eigenvalue weighted by atomic mass is 9.96. The summed E-state index contributed by atoms with van der Waals surface area (Å²) in [7, 11) is 0. The molecule has 2 aliphatic heterocycles. The summed E-state index contributed by atoms with van der Waals surface area (Å²) in [4.78, 5) is 13.4. The third-order valence-corrected chi connectivity index (χ3v) is 6.35. The van der Waals surface area contributed by atoms with Gasteiger partial charge in [-0.25, -0.2) is 5.01 Å². The Morgan fingerprint density at radius 2 is 1.84 bits per heavy atom. The molecular formula is C26H19ClN2O3. The van der Waals surface area contributed by atoms with Crippen LogP contribution >= 0.6 is 11.6 Å². The van der Waals surface area contributed by atoms with Crippen LogP contribution in [0, 0.1) is 6.92 Å². The van der Waals surface area contributed by atoms with Crippen molar-refractivity contribution in [3.63, 3.8) is 0 Å². The molecule has 0 bridgehead atoms. The van der Waals surface area contributed by atoms with E-state index in [-0.39, 0.29) is 11.5 Å². The molecule has 5 nitrogen and oxygen atoms in total. The van der Waals surface area contributed by atoms with E-state index in [0.717, 1.165) is 28.2 Å². The normalized spacial score (nSPS) is 19.3. The number of ether oxygens (including phenoxy) is 1. The zero-order valence-electron chi connectivity index (χ0n) is 17.3. The summed E-state index contributed by atoms with van der Waals surface area (Å²) < 4.78 is 12.2. The molecule has 6 heteroatoms. The van der Waals surface area contributed by atoms with Crippen molar-refractivity contribution in [1.29, 1.82) is 0 Å². The van der Waals surface area contributed by atoms with E-state index in [9.17, 15) is 4.79 Å². The monoisotopic (exact) mass is 442 g/mol. The minimum atomic E-state index is -0.680. The van der Waals surface area contributed by atoms with Crippen LogP contribution < -0.4 is 10.2 Å². The molecule has 0 unspecified atom stereocenters.